The highest BCUT2D eigenvalue weighted by atomic mass is 16.4. The minimum Gasteiger partial charge on any atom is -0.478 e. The number of nitrogens with one attached hydrogen (secondary N) is 1. The van der Waals surface area contributed by atoms with Gasteiger partial charge in [0.1, 0.15) is 0 Å². The number of aliphatic carboxylic acids is 1. The summed E-state index contributed by atoms with van der Waals surface area (Å²) in [6, 6.07) is 0. The number of carboxylic acids is 1. The summed E-state index contributed by atoms with van der Waals surface area (Å²) >= 11 is 0. The maximum atomic E-state index is 10.2. The van der Waals surface area contributed by atoms with Gasteiger partial charge in [-0.05, 0) is 19.2 Å². The molecule has 0 atom stereocenters. The van der Waals surface area contributed by atoms with Crippen LogP contribution in [-0.4, -0.2) is 18.1 Å². The fourth-order valence-corrected chi connectivity index (χ4v) is 0.360. The topological polar surface area (TPSA) is 49.3 Å². The van der Waals surface area contributed by atoms with Crippen molar-refractivity contribution in [3.63, 3.8) is 0 Å². The lowest BCUT2D eigenvalue weighted by Crippen LogP contribution is -1.95. The first kappa shape index (κ1) is 8.75. The van der Waals surface area contributed by atoms with Crippen LogP contribution in [0.4, 0.5) is 0 Å². The third kappa shape index (κ3) is 3.72. The highest BCUT2D eigenvalue weighted by molar-refractivity contribution is 5.86. The zero-order chi connectivity index (χ0) is 7.98. The second-order valence-electron chi connectivity index (χ2n) is 1.80. The molecule has 0 aliphatic rings. The monoisotopic (exact) mass is 141 g/mol. The average Bonchev–Trinajstić information content (AvgIpc) is 1.88. The van der Waals surface area contributed by atoms with Crippen molar-refractivity contribution in [2.45, 2.75) is 6.92 Å². The molecule has 0 spiro atoms. The van der Waals surface area contributed by atoms with Gasteiger partial charge in [-0.2, -0.15) is 0 Å². The zero-order valence-corrected chi connectivity index (χ0v) is 6.09. The molecule has 3 nitrogen and oxygen atoms in total. The Balaban J connectivity index is 3.92. The predicted octanol–water partition coefficient (Wildman–Crippen LogP) is 0.750. The lowest BCUT2D eigenvalue weighted by Gasteiger charge is -1.87. The molecular formula is C7H11NO2. The smallest absolute Gasteiger partial charge is 0.331 e. The van der Waals surface area contributed by atoms with E-state index in [9.17, 15) is 4.79 Å². The fraction of sp³-hybridized carbons (Fsp3) is 0.286. The largest absolute Gasteiger partial charge is 0.478 e. The molecule has 0 aliphatic carbocycles. The van der Waals surface area contributed by atoms with E-state index in [4.69, 9.17) is 5.11 Å². The lowest BCUT2D eigenvalue weighted by atomic mass is 10.3. The third-order valence-corrected chi connectivity index (χ3v) is 0.946. The van der Waals surface area contributed by atoms with Crippen LogP contribution in [0, 0.1) is 0 Å². The number of rotatable bonds is 3. The summed E-state index contributed by atoms with van der Waals surface area (Å²) in [4.78, 5) is 10.2. The Morgan fingerprint density at radius 2 is 2.20 bits per heavy atom. The van der Waals surface area contributed by atoms with Crippen LogP contribution in [0.3, 0.4) is 0 Å². The van der Waals surface area contributed by atoms with Gasteiger partial charge in [0.15, 0.2) is 0 Å². The molecule has 0 heterocycles. The Kier molecular flexibility index (Phi) is 4.04. The Hall–Kier alpha value is -1.25. The molecule has 0 radical (unpaired) electrons. The third-order valence-electron chi connectivity index (χ3n) is 0.946. The van der Waals surface area contributed by atoms with Crippen molar-refractivity contribution in [2.75, 3.05) is 7.05 Å². The molecule has 3 heteroatoms. The van der Waals surface area contributed by atoms with Gasteiger partial charge in [0.05, 0.1) is 0 Å². The van der Waals surface area contributed by atoms with Gasteiger partial charge in [0.25, 0.3) is 0 Å². The van der Waals surface area contributed by atoms with Gasteiger partial charge < -0.3 is 10.4 Å². The van der Waals surface area contributed by atoms with Crippen LogP contribution in [0.5, 0.6) is 0 Å². The van der Waals surface area contributed by atoms with E-state index in [2.05, 4.69) is 5.32 Å². The van der Waals surface area contributed by atoms with Crippen LogP contribution in [0.2, 0.25) is 0 Å². The Labute approximate surface area is 60.1 Å². The van der Waals surface area contributed by atoms with Gasteiger partial charge in [0, 0.05) is 12.6 Å². The molecule has 0 rings (SSSR count). The molecule has 0 bridgehead atoms. The Morgan fingerprint density at radius 1 is 1.60 bits per heavy atom. The van der Waals surface area contributed by atoms with Gasteiger partial charge in [-0.15, -0.1) is 0 Å². The van der Waals surface area contributed by atoms with E-state index in [-0.39, 0.29) is 0 Å². The van der Waals surface area contributed by atoms with Gasteiger partial charge >= 0.3 is 5.97 Å². The number of carboxylic acid groups (broad SMARTS) is 1. The van der Waals surface area contributed by atoms with E-state index >= 15 is 0 Å². The predicted molar refractivity (Wildman–Crippen MR) is 39.6 cm³/mol. The standard InChI is InChI=1S/C7H11NO2/c1-6(7(9)10)4-3-5-8-2/h3-5,8H,1-2H3,(H,9,10)/b5-3-,6-4+. The summed E-state index contributed by atoms with van der Waals surface area (Å²) in [6.07, 6.45) is 4.83. The highest BCUT2D eigenvalue weighted by Gasteiger charge is 1.94. The normalized spacial score (nSPS) is 12.0. The van der Waals surface area contributed by atoms with Gasteiger partial charge in [-0.3, -0.25) is 0 Å². The number of allylic oxidation sites excluding steroid dienone is 2. The van der Waals surface area contributed by atoms with Crippen LogP contribution in [0.25, 0.3) is 0 Å². The summed E-state index contributed by atoms with van der Waals surface area (Å²) in [5.74, 6) is -0.888. The molecule has 0 aromatic carbocycles. The molecule has 0 unspecified atom stereocenters. The van der Waals surface area contributed by atoms with Gasteiger partial charge in [0.2, 0.25) is 0 Å². The minimum atomic E-state index is -0.888. The van der Waals surface area contributed by atoms with Crippen molar-refractivity contribution in [1.29, 1.82) is 0 Å². The second kappa shape index (κ2) is 4.61. The number of carbonyl (C=O) groups is 1. The van der Waals surface area contributed by atoms with Crippen molar-refractivity contribution >= 4 is 5.97 Å². The minimum absolute atomic E-state index is 0.325. The first-order chi connectivity index (χ1) is 4.68. The Bertz CT molecular complexity index is 170. The SMILES string of the molecule is CN/C=C\C=C(/C)C(=O)O. The average molecular weight is 141 g/mol. The molecule has 2 N–H and O–H groups in total. The van der Waals surface area contributed by atoms with Crippen molar-refractivity contribution in [3.05, 3.63) is 23.9 Å². The van der Waals surface area contributed by atoms with Gasteiger partial charge in [-0.25, -0.2) is 4.79 Å². The maximum Gasteiger partial charge on any atom is 0.331 e. The molecule has 0 aromatic rings. The van der Waals surface area contributed by atoms with Crippen LogP contribution in [-0.2, 0) is 4.79 Å². The zero-order valence-electron chi connectivity index (χ0n) is 6.09. The molecule has 0 saturated carbocycles. The maximum absolute atomic E-state index is 10.2. The fourth-order valence-electron chi connectivity index (χ4n) is 0.360. The number of hydrogen-bond donors (Lipinski definition) is 2. The summed E-state index contributed by atoms with van der Waals surface area (Å²) in [6.45, 7) is 1.54. The molecule has 0 aliphatic heterocycles. The van der Waals surface area contributed by atoms with Crippen LogP contribution in [0.1, 0.15) is 6.92 Å². The van der Waals surface area contributed by atoms with E-state index in [1.165, 1.54) is 6.08 Å². The summed E-state index contributed by atoms with van der Waals surface area (Å²) in [7, 11) is 1.75. The van der Waals surface area contributed by atoms with Crippen molar-refractivity contribution in [2.24, 2.45) is 0 Å². The molecule has 10 heavy (non-hydrogen) atoms. The van der Waals surface area contributed by atoms with Crippen LogP contribution < -0.4 is 5.32 Å². The van der Waals surface area contributed by atoms with Crippen LogP contribution in [0.15, 0.2) is 23.9 Å². The van der Waals surface area contributed by atoms with Crippen LogP contribution >= 0.6 is 0 Å². The van der Waals surface area contributed by atoms with E-state index in [0.717, 1.165) is 0 Å². The van der Waals surface area contributed by atoms with Crippen molar-refractivity contribution in [3.8, 4) is 0 Å². The molecular weight excluding hydrogens is 130 g/mol. The molecule has 0 aromatic heterocycles. The van der Waals surface area contributed by atoms with E-state index in [0.29, 0.717) is 5.57 Å². The van der Waals surface area contributed by atoms with E-state index < -0.39 is 5.97 Å². The van der Waals surface area contributed by atoms with E-state index in [1.54, 1.807) is 26.2 Å². The number of hydrogen-bond acceptors (Lipinski definition) is 2. The summed E-state index contributed by atoms with van der Waals surface area (Å²) in [5, 5.41) is 11.1. The Morgan fingerprint density at radius 3 is 2.60 bits per heavy atom. The quantitative estimate of drug-likeness (QED) is 0.450. The van der Waals surface area contributed by atoms with Crippen molar-refractivity contribution in [1.82, 2.24) is 5.32 Å². The highest BCUT2D eigenvalue weighted by Crippen LogP contribution is 1.90. The molecule has 0 saturated heterocycles. The lowest BCUT2D eigenvalue weighted by molar-refractivity contribution is -0.132. The second-order valence-corrected chi connectivity index (χ2v) is 1.80. The van der Waals surface area contributed by atoms with Crippen molar-refractivity contribution < 1.29 is 9.90 Å². The summed E-state index contributed by atoms with van der Waals surface area (Å²) < 4.78 is 0. The van der Waals surface area contributed by atoms with E-state index in [1.807, 2.05) is 0 Å². The summed E-state index contributed by atoms with van der Waals surface area (Å²) in [5.41, 5.74) is 0.325. The first-order valence-corrected chi connectivity index (χ1v) is 2.92. The molecule has 0 amide bonds. The molecule has 56 valence electrons. The van der Waals surface area contributed by atoms with Gasteiger partial charge in [-0.1, -0.05) is 6.08 Å². The molecule has 0 fully saturated rings. The first-order valence-electron chi connectivity index (χ1n) is 2.92.